The maximum Gasteiger partial charge on any atom is 0.185 e. The molecule has 0 spiro atoms. The second-order valence-electron chi connectivity index (χ2n) is 7.43. The molecule has 2 aromatic carbocycles. The minimum atomic E-state index is 0.161. The summed E-state index contributed by atoms with van der Waals surface area (Å²) in [5, 5.41) is 15.7. The van der Waals surface area contributed by atoms with Crippen molar-refractivity contribution in [3.63, 3.8) is 0 Å². The third kappa shape index (κ3) is 2.45. The molecule has 0 aliphatic heterocycles. The summed E-state index contributed by atoms with van der Waals surface area (Å²) in [6, 6.07) is 13.4. The molecular weight excluding hydrogens is 362 g/mol. The largest absolute Gasteiger partial charge is 0.507 e. The van der Waals surface area contributed by atoms with Gasteiger partial charge >= 0.3 is 0 Å². The summed E-state index contributed by atoms with van der Waals surface area (Å²) in [5.74, 6) is 0.641. The van der Waals surface area contributed by atoms with Gasteiger partial charge in [0.1, 0.15) is 12.1 Å². The van der Waals surface area contributed by atoms with E-state index in [0.717, 1.165) is 33.6 Å². The zero-order valence-electron chi connectivity index (χ0n) is 16.8. The van der Waals surface area contributed by atoms with E-state index in [9.17, 15) is 5.11 Å². The number of hydrogen-bond acceptors (Lipinski definition) is 4. The summed E-state index contributed by atoms with van der Waals surface area (Å²) in [5.41, 5.74) is 8.04. The molecule has 0 unspecified atom stereocenters. The van der Waals surface area contributed by atoms with Gasteiger partial charge in [-0.2, -0.15) is 0 Å². The van der Waals surface area contributed by atoms with Crippen LogP contribution in [0.3, 0.4) is 0 Å². The molecule has 3 heterocycles. The standard InChI is InChI=1S/C23H21N5O/c1-13-8-7-10-18(14(13)2)28-16(4)15(3)20-22(28)24-12-27-23(20)25-21(26-27)17-9-5-6-11-19(17)29/h5-12,29H,1-4H3. The number of nitrogens with zero attached hydrogens (tertiary/aromatic N) is 5. The first-order valence-electron chi connectivity index (χ1n) is 9.55. The van der Waals surface area contributed by atoms with Gasteiger partial charge in [0.05, 0.1) is 16.6 Å². The van der Waals surface area contributed by atoms with Gasteiger partial charge < -0.3 is 5.11 Å². The molecule has 3 aromatic heterocycles. The van der Waals surface area contributed by atoms with Gasteiger partial charge in [0.25, 0.3) is 0 Å². The van der Waals surface area contributed by atoms with Gasteiger partial charge in [0, 0.05) is 5.69 Å². The molecule has 0 saturated heterocycles. The van der Waals surface area contributed by atoms with Crippen molar-refractivity contribution in [3.05, 3.63) is 71.2 Å². The number of aryl methyl sites for hydroxylation is 2. The van der Waals surface area contributed by atoms with Crippen LogP contribution >= 0.6 is 0 Å². The highest BCUT2D eigenvalue weighted by Gasteiger charge is 2.20. The second kappa shape index (κ2) is 6.17. The van der Waals surface area contributed by atoms with Crippen LogP contribution in [0, 0.1) is 27.7 Å². The summed E-state index contributed by atoms with van der Waals surface area (Å²) in [6.45, 7) is 8.46. The lowest BCUT2D eigenvalue weighted by atomic mass is 10.1. The lowest BCUT2D eigenvalue weighted by Crippen LogP contribution is -2.02. The molecule has 0 radical (unpaired) electrons. The molecule has 0 aliphatic carbocycles. The lowest BCUT2D eigenvalue weighted by Gasteiger charge is -2.13. The van der Waals surface area contributed by atoms with Crippen LogP contribution in [0.2, 0.25) is 0 Å². The van der Waals surface area contributed by atoms with Crippen LogP contribution in [0.5, 0.6) is 5.75 Å². The predicted octanol–water partition coefficient (Wildman–Crippen LogP) is 4.67. The highest BCUT2D eigenvalue weighted by molar-refractivity contribution is 5.95. The number of hydrogen-bond donors (Lipinski definition) is 1. The Kier molecular flexibility index (Phi) is 3.71. The van der Waals surface area contributed by atoms with Crippen LogP contribution in [0.25, 0.3) is 33.8 Å². The van der Waals surface area contributed by atoms with Gasteiger partial charge in [0.15, 0.2) is 17.1 Å². The average Bonchev–Trinajstić information content (AvgIpc) is 3.24. The third-order valence-corrected chi connectivity index (χ3v) is 5.79. The number of aromatic hydroxyl groups is 1. The van der Waals surface area contributed by atoms with E-state index in [4.69, 9.17) is 9.97 Å². The fraction of sp³-hybridized carbons (Fsp3) is 0.174. The Morgan fingerprint density at radius 3 is 2.45 bits per heavy atom. The Labute approximate surface area is 168 Å². The fourth-order valence-electron chi connectivity index (χ4n) is 3.91. The smallest absolute Gasteiger partial charge is 0.185 e. The van der Waals surface area contributed by atoms with Crippen molar-refractivity contribution >= 4 is 16.7 Å². The summed E-state index contributed by atoms with van der Waals surface area (Å²) >= 11 is 0. The highest BCUT2D eigenvalue weighted by Crippen LogP contribution is 2.33. The van der Waals surface area contributed by atoms with E-state index in [1.807, 2.05) is 12.1 Å². The highest BCUT2D eigenvalue weighted by atomic mass is 16.3. The van der Waals surface area contributed by atoms with Crippen LogP contribution in [0.4, 0.5) is 0 Å². The van der Waals surface area contributed by atoms with Gasteiger partial charge in [0.2, 0.25) is 0 Å². The molecule has 6 nitrogen and oxygen atoms in total. The van der Waals surface area contributed by atoms with Crippen molar-refractivity contribution in [2.24, 2.45) is 0 Å². The minimum absolute atomic E-state index is 0.161. The van der Waals surface area contributed by atoms with Crippen molar-refractivity contribution in [1.82, 2.24) is 24.1 Å². The Morgan fingerprint density at radius 1 is 0.862 bits per heavy atom. The Morgan fingerprint density at radius 2 is 1.66 bits per heavy atom. The molecule has 0 saturated carbocycles. The maximum absolute atomic E-state index is 10.2. The van der Waals surface area contributed by atoms with E-state index in [-0.39, 0.29) is 5.75 Å². The molecule has 0 aliphatic rings. The van der Waals surface area contributed by atoms with Gasteiger partial charge in [-0.1, -0.05) is 24.3 Å². The molecule has 0 atom stereocenters. The number of phenolic OH excluding ortho intramolecular Hbond substituents is 1. The molecule has 1 N–H and O–H groups in total. The first kappa shape index (κ1) is 17.4. The first-order chi connectivity index (χ1) is 14.0. The molecule has 0 bridgehead atoms. The minimum Gasteiger partial charge on any atom is -0.507 e. The molecule has 5 aromatic rings. The third-order valence-electron chi connectivity index (χ3n) is 5.79. The van der Waals surface area contributed by atoms with E-state index >= 15 is 0 Å². The van der Waals surface area contributed by atoms with Crippen molar-refractivity contribution in [2.45, 2.75) is 27.7 Å². The van der Waals surface area contributed by atoms with E-state index in [0.29, 0.717) is 11.4 Å². The zero-order chi connectivity index (χ0) is 20.3. The molecule has 0 amide bonds. The van der Waals surface area contributed by atoms with E-state index in [2.05, 4.69) is 55.6 Å². The monoisotopic (exact) mass is 383 g/mol. The predicted molar refractivity (Wildman–Crippen MR) is 114 cm³/mol. The van der Waals surface area contributed by atoms with E-state index < -0.39 is 0 Å². The maximum atomic E-state index is 10.2. The summed E-state index contributed by atoms with van der Waals surface area (Å²) < 4.78 is 3.88. The SMILES string of the molecule is Cc1cccc(-n2c(C)c(C)c3c2ncn2nc(-c4ccccc4O)nc32)c1C. The second-order valence-corrected chi connectivity index (χ2v) is 7.43. The molecular formula is C23H21N5O. The van der Waals surface area contributed by atoms with E-state index in [1.165, 1.54) is 11.1 Å². The quantitative estimate of drug-likeness (QED) is 0.481. The van der Waals surface area contributed by atoms with Crippen LogP contribution in [0.15, 0.2) is 48.8 Å². The molecule has 144 valence electrons. The number of rotatable bonds is 2. The summed E-state index contributed by atoms with van der Waals surface area (Å²) in [7, 11) is 0. The van der Waals surface area contributed by atoms with Crippen molar-refractivity contribution in [1.29, 1.82) is 0 Å². The fourth-order valence-corrected chi connectivity index (χ4v) is 3.91. The topological polar surface area (TPSA) is 68.2 Å². The van der Waals surface area contributed by atoms with Gasteiger partial charge in [-0.05, 0) is 62.6 Å². The Bertz CT molecular complexity index is 1410. The molecule has 29 heavy (non-hydrogen) atoms. The number of phenols is 1. The van der Waals surface area contributed by atoms with Gasteiger partial charge in [-0.15, -0.1) is 5.10 Å². The Hall–Kier alpha value is -3.67. The van der Waals surface area contributed by atoms with Crippen molar-refractivity contribution in [2.75, 3.05) is 0 Å². The zero-order valence-corrected chi connectivity index (χ0v) is 16.8. The van der Waals surface area contributed by atoms with Crippen molar-refractivity contribution in [3.8, 4) is 22.8 Å². The lowest BCUT2D eigenvalue weighted by molar-refractivity contribution is 0.477. The van der Waals surface area contributed by atoms with Crippen molar-refractivity contribution < 1.29 is 5.11 Å². The van der Waals surface area contributed by atoms with Gasteiger partial charge in [-0.25, -0.2) is 14.5 Å². The van der Waals surface area contributed by atoms with Crippen LogP contribution in [0.1, 0.15) is 22.4 Å². The summed E-state index contributed by atoms with van der Waals surface area (Å²) in [4.78, 5) is 9.49. The Balaban J connectivity index is 1.83. The van der Waals surface area contributed by atoms with Crippen LogP contribution < -0.4 is 0 Å². The number of benzene rings is 2. The molecule has 5 rings (SSSR count). The first-order valence-corrected chi connectivity index (χ1v) is 9.55. The molecule has 0 fully saturated rings. The molecule has 6 heteroatoms. The van der Waals surface area contributed by atoms with Gasteiger partial charge in [-0.3, -0.25) is 4.57 Å². The normalized spacial score (nSPS) is 11.6. The van der Waals surface area contributed by atoms with Crippen LogP contribution in [-0.2, 0) is 0 Å². The number of fused-ring (bicyclic) bond motifs is 3. The number of aromatic nitrogens is 5. The summed E-state index contributed by atoms with van der Waals surface area (Å²) in [6.07, 6.45) is 1.69. The van der Waals surface area contributed by atoms with Crippen LogP contribution in [-0.4, -0.2) is 29.3 Å². The number of para-hydroxylation sites is 1. The average molecular weight is 383 g/mol. The van der Waals surface area contributed by atoms with E-state index in [1.54, 1.807) is 23.0 Å².